The van der Waals surface area contributed by atoms with E-state index in [2.05, 4.69) is 15.2 Å². The number of pyridine rings is 1. The van der Waals surface area contributed by atoms with Crippen molar-refractivity contribution < 1.29 is 9.53 Å². The average molecular weight is 219 g/mol. The number of rotatable bonds is 0. The minimum Gasteiger partial charge on any atom is -0.377 e. The Morgan fingerprint density at radius 1 is 1.56 bits per heavy atom. The number of ether oxygens (including phenoxy) is 1. The third kappa shape index (κ3) is 1.53. The highest BCUT2D eigenvalue weighted by Gasteiger charge is 2.30. The number of aromatic nitrogens is 1. The van der Waals surface area contributed by atoms with Gasteiger partial charge in [0, 0.05) is 19.2 Å². The summed E-state index contributed by atoms with van der Waals surface area (Å²) in [7, 11) is 0. The third-order valence-corrected chi connectivity index (χ3v) is 3.03. The number of nitrogens with zero attached hydrogens (tertiary/aromatic N) is 2. The first-order valence-electron chi connectivity index (χ1n) is 5.43. The molecule has 1 fully saturated rings. The lowest BCUT2D eigenvalue weighted by atomic mass is 10.1. The fraction of sp³-hybridized carbons (Fsp3) is 0.455. The summed E-state index contributed by atoms with van der Waals surface area (Å²) in [6.45, 7) is 2.16. The Labute approximate surface area is 93.4 Å². The van der Waals surface area contributed by atoms with Crippen LogP contribution in [0.15, 0.2) is 18.5 Å². The summed E-state index contributed by atoms with van der Waals surface area (Å²) in [6, 6.07) is 2.09. The molecule has 3 rings (SSSR count). The van der Waals surface area contributed by atoms with Gasteiger partial charge in [0.25, 0.3) is 0 Å². The van der Waals surface area contributed by atoms with E-state index in [1.165, 1.54) is 0 Å². The molecule has 1 unspecified atom stereocenters. The molecule has 0 aromatic carbocycles. The maximum atomic E-state index is 11.7. The van der Waals surface area contributed by atoms with Crippen molar-refractivity contribution in [3.63, 3.8) is 0 Å². The topological polar surface area (TPSA) is 54.5 Å². The maximum absolute atomic E-state index is 11.7. The molecule has 5 heteroatoms. The maximum Gasteiger partial charge on any atom is 0.226 e. The molecule has 1 atom stereocenters. The molecule has 0 spiro atoms. The van der Waals surface area contributed by atoms with Gasteiger partial charge in [0.2, 0.25) is 5.91 Å². The van der Waals surface area contributed by atoms with Crippen LogP contribution in [0.1, 0.15) is 6.42 Å². The van der Waals surface area contributed by atoms with E-state index in [4.69, 9.17) is 4.74 Å². The lowest BCUT2D eigenvalue weighted by molar-refractivity contribution is -0.116. The summed E-state index contributed by atoms with van der Waals surface area (Å²) in [4.78, 5) is 18.0. The molecule has 5 nitrogen and oxygen atoms in total. The van der Waals surface area contributed by atoms with E-state index < -0.39 is 0 Å². The van der Waals surface area contributed by atoms with E-state index in [0.29, 0.717) is 19.6 Å². The zero-order chi connectivity index (χ0) is 11.0. The normalized spacial score (nSPS) is 24.1. The molecule has 2 aliphatic rings. The van der Waals surface area contributed by atoms with Crippen LogP contribution < -0.4 is 10.2 Å². The van der Waals surface area contributed by atoms with Gasteiger partial charge in [-0.15, -0.1) is 0 Å². The highest BCUT2D eigenvalue weighted by molar-refractivity contribution is 5.96. The molecule has 1 aromatic rings. The van der Waals surface area contributed by atoms with Crippen LogP contribution in [0, 0.1) is 0 Å². The van der Waals surface area contributed by atoms with Crippen molar-refractivity contribution in [1.82, 2.24) is 4.98 Å². The van der Waals surface area contributed by atoms with E-state index in [-0.39, 0.29) is 11.9 Å². The van der Waals surface area contributed by atoms with Crippen molar-refractivity contribution >= 4 is 17.3 Å². The van der Waals surface area contributed by atoms with Crippen LogP contribution >= 0.6 is 0 Å². The van der Waals surface area contributed by atoms with Crippen molar-refractivity contribution in [1.29, 1.82) is 0 Å². The molecular weight excluding hydrogens is 206 g/mol. The highest BCUT2D eigenvalue weighted by Crippen LogP contribution is 2.31. The van der Waals surface area contributed by atoms with Gasteiger partial charge in [-0.3, -0.25) is 9.78 Å². The Morgan fingerprint density at radius 2 is 2.50 bits per heavy atom. The minimum atomic E-state index is 0.0345. The Morgan fingerprint density at radius 3 is 3.44 bits per heavy atom. The SMILES string of the molecule is O=C1CC2COCCN2c2ccncc2N1. The Balaban J connectivity index is 2.04. The predicted octanol–water partition coefficient (Wildman–Crippen LogP) is 0.629. The van der Waals surface area contributed by atoms with Gasteiger partial charge in [0.15, 0.2) is 0 Å². The Hall–Kier alpha value is -1.62. The number of hydrogen-bond donors (Lipinski definition) is 1. The van der Waals surface area contributed by atoms with Gasteiger partial charge in [-0.2, -0.15) is 0 Å². The van der Waals surface area contributed by atoms with Gasteiger partial charge in [0.05, 0.1) is 36.8 Å². The summed E-state index contributed by atoms with van der Waals surface area (Å²) in [6.07, 6.45) is 3.93. The number of carbonyl (C=O) groups excluding carboxylic acids is 1. The summed E-state index contributed by atoms with van der Waals surface area (Å²) in [5.41, 5.74) is 1.85. The number of nitrogens with one attached hydrogen (secondary N) is 1. The first-order valence-corrected chi connectivity index (χ1v) is 5.43. The Bertz CT molecular complexity index is 421. The van der Waals surface area contributed by atoms with Crippen molar-refractivity contribution in [2.45, 2.75) is 12.5 Å². The fourth-order valence-corrected chi connectivity index (χ4v) is 2.29. The number of anilines is 2. The first-order chi connectivity index (χ1) is 7.84. The van der Waals surface area contributed by atoms with Crippen LogP contribution in [0.4, 0.5) is 11.4 Å². The number of carbonyl (C=O) groups is 1. The summed E-state index contributed by atoms with van der Waals surface area (Å²) >= 11 is 0. The van der Waals surface area contributed by atoms with Gasteiger partial charge in [0.1, 0.15) is 0 Å². The molecule has 1 amide bonds. The molecule has 0 bridgehead atoms. The summed E-state index contributed by atoms with van der Waals surface area (Å²) in [5, 5.41) is 2.88. The van der Waals surface area contributed by atoms with E-state index in [1.54, 1.807) is 12.4 Å². The number of amides is 1. The van der Waals surface area contributed by atoms with Gasteiger partial charge in [-0.1, -0.05) is 0 Å². The third-order valence-electron chi connectivity index (χ3n) is 3.03. The number of fused-ring (bicyclic) bond motifs is 3. The second-order valence-electron chi connectivity index (χ2n) is 4.07. The molecule has 1 aromatic heterocycles. The van der Waals surface area contributed by atoms with Crippen LogP contribution in [0.5, 0.6) is 0 Å². The molecule has 2 aliphatic heterocycles. The Kier molecular flexibility index (Phi) is 2.25. The lowest BCUT2D eigenvalue weighted by Crippen LogP contribution is -2.45. The van der Waals surface area contributed by atoms with Gasteiger partial charge < -0.3 is 15.0 Å². The van der Waals surface area contributed by atoms with Crippen molar-refractivity contribution in [3.8, 4) is 0 Å². The van der Waals surface area contributed by atoms with Crippen LogP contribution in [0.3, 0.4) is 0 Å². The largest absolute Gasteiger partial charge is 0.377 e. The monoisotopic (exact) mass is 219 g/mol. The van der Waals surface area contributed by atoms with Gasteiger partial charge in [-0.25, -0.2) is 0 Å². The zero-order valence-electron chi connectivity index (χ0n) is 8.85. The minimum absolute atomic E-state index is 0.0345. The fourth-order valence-electron chi connectivity index (χ4n) is 2.29. The van der Waals surface area contributed by atoms with Crippen molar-refractivity contribution in [2.24, 2.45) is 0 Å². The van der Waals surface area contributed by atoms with E-state index in [1.807, 2.05) is 6.07 Å². The van der Waals surface area contributed by atoms with E-state index in [9.17, 15) is 4.79 Å². The second-order valence-corrected chi connectivity index (χ2v) is 4.07. The first kappa shape index (κ1) is 9.59. The average Bonchev–Trinajstić information content (AvgIpc) is 2.44. The number of morpholine rings is 1. The van der Waals surface area contributed by atoms with Crippen LogP contribution in [-0.4, -0.2) is 36.7 Å². The summed E-state index contributed by atoms with van der Waals surface area (Å²) < 4.78 is 5.42. The molecular formula is C11H13N3O2. The highest BCUT2D eigenvalue weighted by atomic mass is 16.5. The van der Waals surface area contributed by atoms with Crippen LogP contribution in [0.25, 0.3) is 0 Å². The van der Waals surface area contributed by atoms with Crippen molar-refractivity contribution in [2.75, 3.05) is 30.0 Å². The molecule has 1 N–H and O–H groups in total. The predicted molar refractivity (Wildman–Crippen MR) is 59.4 cm³/mol. The molecule has 84 valence electrons. The summed E-state index contributed by atoms with van der Waals surface area (Å²) in [5.74, 6) is 0.0345. The molecule has 0 saturated carbocycles. The molecule has 0 radical (unpaired) electrons. The van der Waals surface area contributed by atoms with E-state index in [0.717, 1.165) is 17.9 Å². The van der Waals surface area contributed by atoms with Gasteiger partial charge in [-0.05, 0) is 6.07 Å². The van der Waals surface area contributed by atoms with Crippen molar-refractivity contribution in [3.05, 3.63) is 18.5 Å². The molecule has 16 heavy (non-hydrogen) atoms. The standard InChI is InChI=1S/C11H13N3O2/c15-11-5-8-7-16-4-3-14(8)10-1-2-12-6-9(10)13-11/h1-2,6,8H,3-5,7H2,(H,13,15). The quantitative estimate of drug-likeness (QED) is 0.695. The van der Waals surface area contributed by atoms with E-state index >= 15 is 0 Å². The second kappa shape index (κ2) is 3.75. The molecule has 0 aliphatic carbocycles. The number of hydrogen-bond acceptors (Lipinski definition) is 4. The smallest absolute Gasteiger partial charge is 0.226 e. The molecule has 1 saturated heterocycles. The molecule has 3 heterocycles. The van der Waals surface area contributed by atoms with Crippen LogP contribution in [-0.2, 0) is 9.53 Å². The zero-order valence-corrected chi connectivity index (χ0v) is 8.85. The van der Waals surface area contributed by atoms with Gasteiger partial charge >= 0.3 is 0 Å². The van der Waals surface area contributed by atoms with Crippen LogP contribution in [0.2, 0.25) is 0 Å². The lowest BCUT2D eigenvalue weighted by Gasteiger charge is -2.35.